The van der Waals surface area contributed by atoms with E-state index >= 15 is 0 Å². The van der Waals surface area contributed by atoms with Gasteiger partial charge in [0.2, 0.25) is 0 Å². The first-order valence-electron chi connectivity index (χ1n) is 5.83. The van der Waals surface area contributed by atoms with Gasteiger partial charge in [0.25, 0.3) is 0 Å². The van der Waals surface area contributed by atoms with Gasteiger partial charge in [0.05, 0.1) is 11.6 Å². The number of benzene rings is 1. The maximum absolute atomic E-state index is 13.3. The van der Waals surface area contributed by atoms with E-state index in [4.69, 9.17) is 9.52 Å². The number of carbonyl (C=O) groups is 1. The Morgan fingerprint density at radius 1 is 1.37 bits per heavy atom. The Hall–Kier alpha value is -2.30. The molecule has 2 rings (SSSR count). The highest BCUT2D eigenvalue weighted by Gasteiger charge is 2.13. The summed E-state index contributed by atoms with van der Waals surface area (Å²) >= 11 is 0. The summed E-state index contributed by atoms with van der Waals surface area (Å²) in [6, 6.07) is 7.44. The van der Waals surface area contributed by atoms with Crippen molar-refractivity contribution < 1.29 is 18.7 Å². The molecule has 0 aliphatic heterocycles. The summed E-state index contributed by atoms with van der Waals surface area (Å²) in [5, 5.41) is 11.9. The van der Waals surface area contributed by atoms with Crippen LogP contribution in [0.15, 0.2) is 34.7 Å². The predicted octanol–water partition coefficient (Wildman–Crippen LogP) is 3.60. The topological polar surface area (TPSA) is 62.5 Å². The average molecular weight is 263 g/mol. The summed E-state index contributed by atoms with van der Waals surface area (Å²) in [4.78, 5) is 10.8. The van der Waals surface area contributed by atoms with E-state index in [0.717, 1.165) is 17.6 Å². The van der Waals surface area contributed by atoms with E-state index in [1.165, 1.54) is 12.1 Å². The third-order valence-electron chi connectivity index (χ3n) is 2.77. The molecular formula is C14H14FNO3. The van der Waals surface area contributed by atoms with Gasteiger partial charge in [-0.05, 0) is 44.2 Å². The van der Waals surface area contributed by atoms with Gasteiger partial charge < -0.3 is 14.8 Å². The van der Waals surface area contributed by atoms with Gasteiger partial charge in [-0.15, -0.1) is 0 Å². The fourth-order valence-electron chi connectivity index (χ4n) is 1.79. The van der Waals surface area contributed by atoms with Gasteiger partial charge in [0.1, 0.15) is 17.3 Å². The van der Waals surface area contributed by atoms with Crippen molar-refractivity contribution in [1.82, 2.24) is 0 Å². The average Bonchev–Trinajstić information content (AvgIpc) is 2.78. The number of carboxylic acids is 1. The van der Waals surface area contributed by atoms with Crippen LogP contribution in [0, 0.1) is 12.7 Å². The Labute approximate surface area is 109 Å². The lowest BCUT2D eigenvalue weighted by Gasteiger charge is -2.13. The van der Waals surface area contributed by atoms with E-state index in [1.54, 1.807) is 0 Å². The highest BCUT2D eigenvalue weighted by molar-refractivity contribution is 5.89. The van der Waals surface area contributed by atoms with Crippen LogP contribution < -0.4 is 5.32 Å². The van der Waals surface area contributed by atoms with Crippen molar-refractivity contribution in [3.63, 3.8) is 0 Å². The lowest BCUT2D eigenvalue weighted by atomic mass is 10.1. The van der Waals surface area contributed by atoms with Crippen LogP contribution in [0.4, 0.5) is 10.1 Å². The second kappa shape index (κ2) is 5.14. The normalized spacial score (nSPS) is 12.2. The number of hydrogen-bond acceptors (Lipinski definition) is 3. The van der Waals surface area contributed by atoms with Gasteiger partial charge in [-0.25, -0.2) is 9.18 Å². The molecule has 0 amide bonds. The fraction of sp³-hybridized carbons (Fsp3) is 0.214. The second-order valence-corrected chi connectivity index (χ2v) is 4.31. The van der Waals surface area contributed by atoms with Crippen LogP contribution in [-0.2, 0) is 0 Å². The van der Waals surface area contributed by atoms with Crippen molar-refractivity contribution >= 4 is 11.7 Å². The molecule has 0 bridgehead atoms. The first-order chi connectivity index (χ1) is 8.97. The van der Waals surface area contributed by atoms with E-state index in [9.17, 15) is 9.18 Å². The number of furan rings is 1. The van der Waals surface area contributed by atoms with Crippen LogP contribution in [0.5, 0.6) is 0 Å². The summed E-state index contributed by atoms with van der Waals surface area (Å²) in [7, 11) is 0. The number of aromatic carboxylic acids is 1. The van der Waals surface area contributed by atoms with Crippen molar-refractivity contribution in [2.24, 2.45) is 0 Å². The second-order valence-electron chi connectivity index (χ2n) is 4.31. The molecule has 0 fully saturated rings. The molecule has 1 unspecified atom stereocenters. The monoisotopic (exact) mass is 263 g/mol. The van der Waals surface area contributed by atoms with Crippen LogP contribution in [0.1, 0.15) is 34.8 Å². The Morgan fingerprint density at radius 3 is 2.68 bits per heavy atom. The first-order valence-corrected chi connectivity index (χ1v) is 5.83. The molecule has 100 valence electrons. The van der Waals surface area contributed by atoms with E-state index in [1.807, 2.05) is 26.0 Å². The maximum Gasteiger partial charge on any atom is 0.338 e. The van der Waals surface area contributed by atoms with Crippen molar-refractivity contribution in [2.45, 2.75) is 19.9 Å². The quantitative estimate of drug-likeness (QED) is 0.884. The van der Waals surface area contributed by atoms with Crippen molar-refractivity contribution in [3.05, 3.63) is 53.2 Å². The minimum absolute atomic E-state index is 0.138. The SMILES string of the molecule is Cc1ccc(C(C)Nc2ccc(F)c(C(=O)O)c2)o1. The molecule has 0 spiro atoms. The summed E-state index contributed by atoms with van der Waals surface area (Å²) in [6.45, 7) is 3.72. The fourth-order valence-corrected chi connectivity index (χ4v) is 1.79. The number of nitrogens with one attached hydrogen (secondary N) is 1. The molecule has 1 heterocycles. The Balaban J connectivity index is 2.19. The van der Waals surface area contributed by atoms with Crippen molar-refractivity contribution in [2.75, 3.05) is 5.32 Å². The van der Waals surface area contributed by atoms with Gasteiger partial charge in [-0.1, -0.05) is 0 Å². The number of halogens is 1. The van der Waals surface area contributed by atoms with Crippen LogP contribution >= 0.6 is 0 Å². The minimum Gasteiger partial charge on any atom is -0.478 e. The van der Waals surface area contributed by atoms with Gasteiger partial charge in [0.15, 0.2) is 0 Å². The zero-order chi connectivity index (χ0) is 14.0. The molecule has 0 aliphatic carbocycles. The van der Waals surface area contributed by atoms with Crippen LogP contribution in [-0.4, -0.2) is 11.1 Å². The zero-order valence-corrected chi connectivity index (χ0v) is 10.6. The van der Waals surface area contributed by atoms with E-state index < -0.39 is 11.8 Å². The first kappa shape index (κ1) is 13.1. The summed E-state index contributed by atoms with van der Waals surface area (Å²) in [5.41, 5.74) is 0.174. The van der Waals surface area contributed by atoms with E-state index in [-0.39, 0.29) is 11.6 Å². The maximum atomic E-state index is 13.3. The van der Waals surface area contributed by atoms with Gasteiger partial charge in [0, 0.05) is 5.69 Å². The third-order valence-corrected chi connectivity index (χ3v) is 2.77. The lowest BCUT2D eigenvalue weighted by molar-refractivity contribution is 0.0692. The highest BCUT2D eigenvalue weighted by atomic mass is 19.1. The standard InChI is InChI=1S/C14H14FNO3/c1-8-3-6-13(19-8)9(2)16-10-4-5-12(15)11(7-10)14(17)18/h3-7,9,16H,1-2H3,(H,17,18). The van der Waals surface area contributed by atoms with E-state index in [2.05, 4.69) is 5.32 Å². The number of carboxylic acid groups (broad SMARTS) is 1. The van der Waals surface area contributed by atoms with Crippen LogP contribution in [0.25, 0.3) is 0 Å². The van der Waals surface area contributed by atoms with Crippen molar-refractivity contribution in [1.29, 1.82) is 0 Å². The van der Waals surface area contributed by atoms with Crippen molar-refractivity contribution in [3.8, 4) is 0 Å². The van der Waals surface area contributed by atoms with Gasteiger partial charge >= 0.3 is 5.97 Å². The number of anilines is 1. The Bertz CT molecular complexity index is 606. The summed E-state index contributed by atoms with van der Waals surface area (Å²) in [5.74, 6) is -0.505. The highest BCUT2D eigenvalue weighted by Crippen LogP contribution is 2.22. The Morgan fingerprint density at radius 2 is 2.11 bits per heavy atom. The molecule has 0 saturated carbocycles. The molecule has 4 nitrogen and oxygen atoms in total. The predicted molar refractivity (Wildman–Crippen MR) is 68.8 cm³/mol. The largest absolute Gasteiger partial charge is 0.478 e. The summed E-state index contributed by atoms with van der Waals surface area (Å²) < 4.78 is 18.7. The Kier molecular flexibility index (Phi) is 3.55. The zero-order valence-electron chi connectivity index (χ0n) is 10.6. The molecule has 1 atom stereocenters. The van der Waals surface area contributed by atoms with Gasteiger partial charge in [-0.2, -0.15) is 0 Å². The van der Waals surface area contributed by atoms with Crippen LogP contribution in [0.2, 0.25) is 0 Å². The van der Waals surface area contributed by atoms with Crippen LogP contribution in [0.3, 0.4) is 0 Å². The minimum atomic E-state index is -1.29. The molecule has 1 aromatic heterocycles. The smallest absolute Gasteiger partial charge is 0.338 e. The number of hydrogen-bond donors (Lipinski definition) is 2. The molecule has 5 heteroatoms. The molecule has 2 aromatic rings. The molecule has 0 saturated heterocycles. The molecule has 19 heavy (non-hydrogen) atoms. The molecule has 0 aliphatic rings. The molecule has 1 aromatic carbocycles. The van der Waals surface area contributed by atoms with Gasteiger partial charge in [-0.3, -0.25) is 0 Å². The number of rotatable bonds is 4. The lowest BCUT2D eigenvalue weighted by Crippen LogP contribution is -2.07. The third kappa shape index (κ3) is 2.93. The number of aryl methyl sites for hydroxylation is 1. The summed E-state index contributed by atoms with van der Waals surface area (Å²) in [6.07, 6.45) is 0. The molecule has 2 N–H and O–H groups in total. The molecular weight excluding hydrogens is 249 g/mol. The van der Waals surface area contributed by atoms with E-state index in [0.29, 0.717) is 5.69 Å². The molecule has 0 radical (unpaired) electrons.